The molecule has 2 aromatic heterocycles. The molecule has 2 aromatic rings. The lowest BCUT2D eigenvalue weighted by molar-refractivity contribution is -0.121. The zero-order chi connectivity index (χ0) is 17.2. The molecule has 1 unspecified atom stereocenters. The van der Waals surface area contributed by atoms with Crippen LogP contribution in [-0.2, 0) is 16.8 Å². The number of rotatable bonds is 6. The van der Waals surface area contributed by atoms with E-state index < -0.39 is 12.2 Å². The van der Waals surface area contributed by atoms with Gasteiger partial charge in [0.25, 0.3) is 0 Å². The highest BCUT2D eigenvalue weighted by molar-refractivity contribution is 7.08. The first-order valence-corrected chi connectivity index (χ1v) is 8.01. The maximum atomic E-state index is 12.8. The number of aliphatic hydroxyl groups is 1. The maximum absolute atomic E-state index is 12.8. The predicted molar refractivity (Wildman–Crippen MR) is 83.6 cm³/mol. The van der Waals surface area contributed by atoms with E-state index in [1.54, 1.807) is 19.9 Å². The van der Waals surface area contributed by atoms with Gasteiger partial charge in [-0.15, -0.1) is 0 Å². The minimum Gasteiger partial charge on any atom is -0.384 e. The molecular weight excluding hydrogens is 324 g/mol. The highest BCUT2D eigenvalue weighted by Crippen LogP contribution is 2.22. The fourth-order valence-corrected chi connectivity index (χ4v) is 3.09. The molecule has 2 rings (SSSR count). The quantitative estimate of drug-likeness (QED) is 0.847. The fraction of sp³-hybridized carbons (Fsp3) is 0.467. The highest BCUT2D eigenvalue weighted by Gasteiger charge is 2.25. The highest BCUT2D eigenvalue weighted by atomic mass is 32.1. The number of alkyl halides is 2. The number of nitrogens with zero attached hydrogens (tertiary/aromatic N) is 2. The third-order valence-electron chi connectivity index (χ3n) is 3.77. The summed E-state index contributed by atoms with van der Waals surface area (Å²) in [6, 6.07) is 1.79. The van der Waals surface area contributed by atoms with Crippen LogP contribution in [0, 0.1) is 13.8 Å². The maximum Gasteiger partial charge on any atom is 0.333 e. The van der Waals surface area contributed by atoms with Crippen LogP contribution in [-0.4, -0.2) is 27.3 Å². The van der Waals surface area contributed by atoms with E-state index in [1.165, 1.54) is 18.3 Å². The van der Waals surface area contributed by atoms with Gasteiger partial charge in [0.15, 0.2) is 0 Å². The number of thiophene rings is 1. The number of nitrogens with one attached hydrogen (secondary N) is 1. The van der Waals surface area contributed by atoms with Crippen molar-refractivity contribution >= 4 is 17.2 Å². The first-order valence-electron chi connectivity index (χ1n) is 7.07. The molecule has 5 nitrogen and oxygen atoms in total. The Hall–Kier alpha value is -1.80. The van der Waals surface area contributed by atoms with E-state index in [0.717, 1.165) is 5.56 Å². The Kier molecular flexibility index (Phi) is 5.16. The predicted octanol–water partition coefficient (Wildman–Crippen LogP) is 2.52. The molecule has 2 heterocycles. The van der Waals surface area contributed by atoms with Crippen LogP contribution >= 0.6 is 11.3 Å². The van der Waals surface area contributed by atoms with Crippen LogP contribution < -0.4 is 5.32 Å². The van der Waals surface area contributed by atoms with Crippen molar-refractivity contribution in [2.45, 2.75) is 39.3 Å². The van der Waals surface area contributed by atoms with E-state index in [1.807, 2.05) is 10.8 Å². The van der Waals surface area contributed by atoms with Gasteiger partial charge in [-0.1, -0.05) is 0 Å². The Labute approximate surface area is 136 Å². The second-order valence-electron chi connectivity index (χ2n) is 5.61. The van der Waals surface area contributed by atoms with Gasteiger partial charge in [-0.3, -0.25) is 4.79 Å². The third-order valence-corrected chi connectivity index (χ3v) is 4.45. The van der Waals surface area contributed by atoms with Crippen LogP contribution in [0.1, 0.15) is 36.0 Å². The van der Waals surface area contributed by atoms with E-state index in [-0.39, 0.29) is 24.6 Å². The average molecular weight is 343 g/mol. The van der Waals surface area contributed by atoms with Crippen LogP contribution in [0.5, 0.6) is 0 Å². The summed E-state index contributed by atoms with van der Waals surface area (Å²) in [5, 5.41) is 20.4. The Morgan fingerprint density at radius 1 is 1.52 bits per heavy atom. The van der Waals surface area contributed by atoms with E-state index in [4.69, 9.17) is 0 Å². The standard InChI is InChI=1S/C15H19F2N3O2S/c1-9-12(10(2)20(19-9)14(16)17)6-13(21)18-8-15(3,22)11-4-5-23-7-11/h4-5,7,14,22H,6,8H2,1-3H3,(H,18,21). The number of amides is 1. The van der Waals surface area contributed by atoms with Crippen molar-refractivity contribution in [3.05, 3.63) is 39.3 Å². The molecule has 0 aliphatic carbocycles. The molecular formula is C15H19F2N3O2S. The molecule has 0 aliphatic rings. The largest absolute Gasteiger partial charge is 0.384 e. The van der Waals surface area contributed by atoms with Crippen molar-refractivity contribution in [2.75, 3.05) is 6.54 Å². The van der Waals surface area contributed by atoms with Crippen LogP contribution in [0.25, 0.3) is 0 Å². The van der Waals surface area contributed by atoms with Gasteiger partial charge < -0.3 is 10.4 Å². The van der Waals surface area contributed by atoms with Crippen molar-refractivity contribution in [1.29, 1.82) is 0 Å². The topological polar surface area (TPSA) is 67.2 Å². The van der Waals surface area contributed by atoms with E-state index >= 15 is 0 Å². The zero-order valence-corrected chi connectivity index (χ0v) is 14.0. The first-order chi connectivity index (χ1) is 10.7. The molecule has 0 saturated carbocycles. The van der Waals surface area contributed by atoms with Crippen LogP contribution in [0.3, 0.4) is 0 Å². The summed E-state index contributed by atoms with van der Waals surface area (Å²) in [5.74, 6) is -0.347. The Morgan fingerprint density at radius 2 is 2.22 bits per heavy atom. The molecule has 0 aromatic carbocycles. The molecule has 0 aliphatic heterocycles. The number of halogens is 2. The summed E-state index contributed by atoms with van der Waals surface area (Å²) in [7, 11) is 0. The summed E-state index contributed by atoms with van der Waals surface area (Å²) in [5.41, 5.74) is 0.714. The second-order valence-corrected chi connectivity index (χ2v) is 6.39. The lowest BCUT2D eigenvalue weighted by Crippen LogP contribution is -2.39. The molecule has 1 amide bonds. The molecule has 2 N–H and O–H groups in total. The SMILES string of the molecule is Cc1nn(C(F)F)c(C)c1CC(=O)NCC(C)(O)c1ccsc1. The smallest absolute Gasteiger partial charge is 0.333 e. The lowest BCUT2D eigenvalue weighted by Gasteiger charge is -2.22. The summed E-state index contributed by atoms with van der Waals surface area (Å²) >= 11 is 1.46. The van der Waals surface area contributed by atoms with Crippen molar-refractivity contribution in [1.82, 2.24) is 15.1 Å². The zero-order valence-electron chi connectivity index (χ0n) is 13.1. The van der Waals surface area contributed by atoms with E-state index in [0.29, 0.717) is 15.9 Å². The first kappa shape index (κ1) is 17.6. The minimum atomic E-state index is -2.73. The van der Waals surface area contributed by atoms with Crippen molar-refractivity contribution < 1.29 is 18.7 Å². The number of hydrogen-bond acceptors (Lipinski definition) is 4. The molecule has 0 bridgehead atoms. The third kappa shape index (κ3) is 3.94. The fourth-order valence-electron chi connectivity index (χ4n) is 2.31. The lowest BCUT2D eigenvalue weighted by atomic mass is 9.99. The second kappa shape index (κ2) is 6.76. The Morgan fingerprint density at radius 3 is 2.74 bits per heavy atom. The molecule has 0 saturated heterocycles. The van der Waals surface area contributed by atoms with E-state index in [2.05, 4.69) is 10.4 Å². The van der Waals surface area contributed by atoms with Gasteiger partial charge in [-0.25, -0.2) is 4.68 Å². The summed E-state index contributed by atoms with van der Waals surface area (Å²) in [6.45, 7) is 2.03. The molecule has 23 heavy (non-hydrogen) atoms. The number of carbonyl (C=O) groups is 1. The van der Waals surface area contributed by atoms with Crippen molar-refractivity contribution in [3.8, 4) is 0 Å². The minimum absolute atomic E-state index is 0.0453. The van der Waals surface area contributed by atoms with Crippen LogP contribution in [0.4, 0.5) is 8.78 Å². The number of aromatic nitrogens is 2. The Bertz CT molecular complexity index is 681. The van der Waals surface area contributed by atoms with Gasteiger partial charge in [-0.05, 0) is 43.2 Å². The molecule has 0 fully saturated rings. The molecule has 126 valence electrons. The van der Waals surface area contributed by atoms with Crippen molar-refractivity contribution in [3.63, 3.8) is 0 Å². The van der Waals surface area contributed by atoms with Crippen LogP contribution in [0.15, 0.2) is 16.8 Å². The normalized spacial score (nSPS) is 14.0. The summed E-state index contributed by atoms with van der Waals surface area (Å²) < 4.78 is 26.2. The van der Waals surface area contributed by atoms with Gasteiger partial charge in [0, 0.05) is 11.3 Å². The van der Waals surface area contributed by atoms with Gasteiger partial charge in [-0.2, -0.15) is 25.2 Å². The number of hydrogen-bond donors (Lipinski definition) is 2. The number of aryl methyl sites for hydroxylation is 1. The molecule has 0 radical (unpaired) electrons. The van der Waals surface area contributed by atoms with Gasteiger partial charge in [0.1, 0.15) is 5.60 Å². The monoisotopic (exact) mass is 343 g/mol. The Balaban J connectivity index is 2.01. The molecule has 0 spiro atoms. The summed E-state index contributed by atoms with van der Waals surface area (Å²) in [6.07, 6.45) is -0.0515. The van der Waals surface area contributed by atoms with Crippen molar-refractivity contribution in [2.24, 2.45) is 0 Å². The van der Waals surface area contributed by atoms with Gasteiger partial charge in [0.2, 0.25) is 5.91 Å². The van der Waals surface area contributed by atoms with Gasteiger partial charge >= 0.3 is 6.55 Å². The average Bonchev–Trinajstić information content (AvgIpc) is 3.09. The molecule has 1 atom stereocenters. The number of carbonyl (C=O) groups excluding carboxylic acids is 1. The molecule has 8 heteroatoms. The van der Waals surface area contributed by atoms with E-state index in [9.17, 15) is 18.7 Å². The van der Waals surface area contributed by atoms with Crippen LogP contribution in [0.2, 0.25) is 0 Å². The summed E-state index contributed by atoms with van der Waals surface area (Å²) in [4.78, 5) is 12.1. The van der Waals surface area contributed by atoms with Gasteiger partial charge in [0.05, 0.1) is 18.7 Å².